The number of aromatic nitrogens is 1. The maximum absolute atomic E-state index is 13.7. The number of carbonyl (C=O) groups is 2. The summed E-state index contributed by atoms with van der Waals surface area (Å²) < 4.78 is 15.4. The summed E-state index contributed by atoms with van der Waals surface area (Å²) in [4.78, 5) is 29.2. The second kappa shape index (κ2) is 7.32. The molecule has 1 atom stereocenters. The van der Waals surface area contributed by atoms with Crippen molar-refractivity contribution in [3.05, 3.63) is 52.0 Å². The van der Waals surface area contributed by atoms with Gasteiger partial charge in [0.2, 0.25) is 0 Å². The van der Waals surface area contributed by atoms with Gasteiger partial charge in [0, 0.05) is 18.6 Å². The van der Waals surface area contributed by atoms with Gasteiger partial charge in [-0.05, 0) is 18.1 Å². The Bertz CT molecular complexity index is 779. The maximum Gasteiger partial charge on any atom is 0.271 e. The smallest absolute Gasteiger partial charge is 0.271 e. The zero-order valence-electron chi connectivity index (χ0n) is 13.1. The molecular weight excluding hydrogens is 317 g/mol. The highest BCUT2D eigenvalue weighted by Gasteiger charge is 2.25. The van der Waals surface area contributed by atoms with Gasteiger partial charge in [0.1, 0.15) is 11.9 Å². The fourth-order valence-electron chi connectivity index (χ4n) is 1.98. The first-order valence-corrected chi connectivity index (χ1v) is 8.02. The predicted octanol–water partition coefficient (Wildman–Crippen LogP) is 2.11. The number of amides is 2. The SMILES string of the molecule is CC(C)C(NC(=O)c1ccccc1F)C(=O)N=c1sccn1C. The third-order valence-corrected chi connectivity index (χ3v) is 4.15. The van der Waals surface area contributed by atoms with Gasteiger partial charge in [0.25, 0.3) is 11.8 Å². The first-order chi connectivity index (χ1) is 10.9. The van der Waals surface area contributed by atoms with Crippen LogP contribution in [0.4, 0.5) is 4.39 Å². The van der Waals surface area contributed by atoms with Crippen LogP contribution >= 0.6 is 11.3 Å². The summed E-state index contributed by atoms with van der Waals surface area (Å²) in [5, 5.41) is 4.39. The minimum atomic E-state index is -0.816. The van der Waals surface area contributed by atoms with E-state index in [9.17, 15) is 14.0 Å². The van der Waals surface area contributed by atoms with E-state index in [1.165, 1.54) is 29.5 Å². The van der Waals surface area contributed by atoms with Gasteiger partial charge in [-0.15, -0.1) is 11.3 Å². The first-order valence-electron chi connectivity index (χ1n) is 7.14. The van der Waals surface area contributed by atoms with E-state index in [0.717, 1.165) is 0 Å². The molecule has 0 aliphatic carbocycles. The molecule has 1 aromatic heterocycles. The maximum atomic E-state index is 13.7. The van der Waals surface area contributed by atoms with E-state index < -0.39 is 23.7 Å². The van der Waals surface area contributed by atoms with Crippen LogP contribution in [-0.4, -0.2) is 22.4 Å². The van der Waals surface area contributed by atoms with Crippen molar-refractivity contribution in [3.63, 3.8) is 0 Å². The molecule has 0 spiro atoms. The van der Waals surface area contributed by atoms with Gasteiger partial charge in [-0.3, -0.25) is 9.59 Å². The molecule has 1 aromatic carbocycles. The van der Waals surface area contributed by atoms with Gasteiger partial charge in [-0.1, -0.05) is 26.0 Å². The van der Waals surface area contributed by atoms with Crippen molar-refractivity contribution in [3.8, 4) is 0 Å². The van der Waals surface area contributed by atoms with E-state index in [1.54, 1.807) is 37.7 Å². The highest BCUT2D eigenvalue weighted by molar-refractivity contribution is 7.07. The largest absolute Gasteiger partial charge is 0.340 e. The van der Waals surface area contributed by atoms with E-state index in [2.05, 4.69) is 10.3 Å². The van der Waals surface area contributed by atoms with Crippen LogP contribution in [0.5, 0.6) is 0 Å². The molecule has 0 aliphatic heterocycles. The molecule has 0 radical (unpaired) electrons. The Labute approximate surface area is 137 Å². The van der Waals surface area contributed by atoms with Crippen LogP contribution < -0.4 is 10.1 Å². The molecule has 1 N–H and O–H groups in total. The Hall–Kier alpha value is -2.28. The zero-order chi connectivity index (χ0) is 17.0. The molecule has 1 heterocycles. The van der Waals surface area contributed by atoms with Gasteiger partial charge in [-0.25, -0.2) is 4.39 Å². The summed E-state index contributed by atoms with van der Waals surface area (Å²) in [6, 6.07) is 4.84. The highest BCUT2D eigenvalue weighted by atomic mass is 32.1. The van der Waals surface area contributed by atoms with E-state index >= 15 is 0 Å². The van der Waals surface area contributed by atoms with Crippen LogP contribution in [0.3, 0.4) is 0 Å². The standard InChI is InChI=1S/C16H18FN3O2S/c1-10(2)13(15(22)19-16-20(3)8-9-23-16)18-14(21)11-6-4-5-7-12(11)17/h4-10,13H,1-3H3,(H,18,21). The lowest BCUT2D eigenvalue weighted by molar-refractivity contribution is -0.120. The third kappa shape index (κ3) is 4.13. The number of hydrogen-bond acceptors (Lipinski definition) is 3. The summed E-state index contributed by atoms with van der Waals surface area (Å²) in [6.45, 7) is 3.60. The number of carbonyl (C=O) groups excluding carboxylic acids is 2. The van der Waals surface area contributed by atoms with Gasteiger partial charge in [0.15, 0.2) is 4.80 Å². The Morgan fingerprint density at radius 3 is 2.57 bits per heavy atom. The predicted molar refractivity (Wildman–Crippen MR) is 86.4 cm³/mol. The summed E-state index contributed by atoms with van der Waals surface area (Å²) in [5.41, 5.74) is -0.0902. The molecule has 7 heteroatoms. The number of hydrogen-bond donors (Lipinski definition) is 1. The molecule has 0 saturated heterocycles. The number of thiazole rings is 1. The molecule has 5 nitrogen and oxygen atoms in total. The summed E-state index contributed by atoms with van der Waals surface area (Å²) in [5.74, 6) is -1.88. The molecule has 0 fully saturated rings. The molecule has 2 rings (SSSR count). The lowest BCUT2D eigenvalue weighted by Crippen LogP contribution is -2.44. The van der Waals surface area contributed by atoms with Crippen LogP contribution in [0.15, 0.2) is 40.8 Å². The second-order valence-corrected chi connectivity index (χ2v) is 6.29. The zero-order valence-corrected chi connectivity index (χ0v) is 13.9. The van der Waals surface area contributed by atoms with E-state index in [-0.39, 0.29) is 11.5 Å². The van der Waals surface area contributed by atoms with E-state index in [4.69, 9.17) is 0 Å². The normalized spacial score (nSPS) is 13.2. The van der Waals surface area contributed by atoms with Crippen LogP contribution in [0.1, 0.15) is 24.2 Å². The van der Waals surface area contributed by atoms with Gasteiger partial charge in [-0.2, -0.15) is 4.99 Å². The van der Waals surface area contributed by atoms with Gasteiger partial charge >= 0.3 is 0 Å². The highest BCUT2D eigenvalue weighted by Crippen LogP contribution is 2.09. The van der Waals surface area contributed by atoms with Crippen molar-refractivity contribution in [2.45, 2.75) is 19.9 Å². The quantitative estimate of drug-likeness (QED) is 0.930. The fraction of sp³-hybridized carbons (Fsp3) is 0.312. The Kier molecular flexibility index (Phi) is 5.44. The Balaban J connectivity index is 2.23. The molecular formula is C16H18FN3O2S. The van der Waals surface area contributed by atoms with Crippen molar-refractivity contribution in [2.24, 2.45) is 18.0 Å². The Morgan fingerprint density at radius 2 is 2.00 bits per heavy atom. The van der Waals surface area contributed by atoms with Gasteiger partial charge < -0.3 is 9.88 Å². The molecule has 2 amide bonds. The molecule has 2 aromatic rings. The third-order valence-electron chi connectivity index (χ3n) is 3.30. The van der Waals surface area contributed by atoms with Crippen molar-refractivity contribution in [1.82, 2.24) is 9.88 Å². The fourth-order valence-corrected chi connectivity index (χ4v) is 2.71. The molecule has 0 bridgehead atoms. The van der Waals surface area contributed by atoms with Crippen LogP contribution in [0.2, 0.25) is 0 Å². The summed E-state index contributed by atoms with van der Waals surface area (Å²) in [6.07, 6.45) is 1.79. The number of benzene rings is 1. The summed E-state index contributed by atoms with van der Waals surface area (Å²) in [7, 11) is 1.78. The van der Waals surface area contributed by atoms with Crippen LogP contribution in [0, 0.1) is 11.7 Å². The van der Waals surface area contributed by atoms with Crippen molar-refractivity contribution < 1.29 is 14.0 Å². The topological polar surface area (TPSA) is 63.5 Å². The molecule has 23 heavy (non-hydrogen) atoms. The van der Waals surface area contributed by atoms with Gasteiger partial charge in [0.05, 0.1) is 5.56 Å². The average molecular weight is 335 g/mol. The monoisotopic (exact) mass is 335 g/mol. The summed E-state index contributed by atoms with van der Waals surface area (Å²) >= 11 is 1.33. The lowest BCUT2D eigenvalue weighted by Gasteiger charge is -2.19. The number of halogens is 1. The molecule has 0 saturated carbocycles. The number of nitrogens with one attached hydrogen (secondary N) is 1. The van der Waals surface area contributed by atoms with Crippen LogP contribution in [-0.2, 0) is 11.8 Å². The number of aryl methyl sites for hydroxylation is 1. The van der Waals surface area contributed by atoms with E-state index in [0.29, 0.717) is 4.80 Å². The lowest BCUT2D eigenvalue weighted by atomic mass is 10.0. The van der Waals surface area contributed by atoms with Crippen molar-refractivity contribution >= 4 is 23.2 Å². The minimum Gasteiger partial charge on any atom is -0.340 e. The average Bonchev–Trinajstić information content (AvgIpc) is 2.89. The molecule has 122 valence electrons. The van der Waals surface area contributed by atoms with Crippen molar-refractivity contribution in [1.29, 1.82) is 0 Å². The first kappa shape index (κ1) is 17.1. The molecule has 0 aliphatic rings. The Morgan fingerprint density at radius 1 is 1.30 bits per heavy atom. The van der Waals surface area contributed by atoms with Crippen LogP contribution in [0.25, 0.3) is 0 Å². The molecule has 1 unspecified atom stereocenters. The van der Waals surface area contributed by atoms with Crippen molar-refractivity contribution in [2.75, 3.05) is 0 Å². The van der Waals surface area contributed by atoms with E-state index in [1.807, 2.05) is 5.38 Å². The second-order valence-electron chi connectivity index (χ2n) is 5.42. The minimum absolute atomic E-state index is 0.0902. The number of rotatable bonds is 4. The number of nitrogens with zero attached hydrogens (tertiary/aromatic N) is 2.